The molecule has 10 heteroatoms. The van der Waals surface area contributed by atoms with E-state index in [4.69, 9.17) is 10.7 Å². The molecule has 0 spiro atoms. The number of rotatable bonds is 2. The second-order valence-corrected chi connectivity index (χ2v) is 9.77. The highest BCUT2D eigenvalue weighted by Crippen LogP contribution is 2.30. The fraction of sp³-hybridized carbons (Fsp3) is 0.500. The third-order valence-corrected chi connectivity index (χ3v) is 7.37. The third kappa shape index (κ3) is 3.57. The van der Waals surface area contributed by atoms with Gasteiger partial charge in [0.05, 0.1) is 17.6 Å². The van der Waals surface area contributed by atoms with E-state index in [9.17, 15) is 4.79 Å². The van der Waals surface area contributed by atoms with Crippen molar-refractivity contribution in [2.75, 3.05) is 19.6 Å². The summed E-state index contributed by atoms with van der Waals surface area (Å²) in [4.78, 5) is 22.9. The van der Waals surface area contributed by atoms with Crippen molar-refractivity contribution in [3.8, 4) is 0 Å². The molecule has 0 aliphatic carbocycles. The molecule has 10 nitrogen and oxygen atoms in total. The van der Waals surface area contributed by atoms with E-state index >= 15 is 0 Å². The van der Waals surface area contributed by atoms with Gasteiger partial charge in [-0.3, -0.25) is 9.80 Å². The Hall–Kier alpha value is -3.24. The summed E-state index contributed by atoms with van der Waals surface area (Å²) < 4.78 is 1.72. The minimum Gasteiger partial charge on any atom is -0.355 e. The van der Waals surface area contributed by atoms with Gasteiger partial charge in [-0.15, -0.1) is 5.10 Å². The van der Waals surface area contributed by atoms with Crippen molar-refractivity contribution in [2.24, 2.45) is 17.8 Å². The Balaban J connectivity index is 1.25. The van der Waals surface area contributed by atoms with Crippen molar-refractivity contribution in [1.82, 2.24) is 35.2 Å². The van der Waals surface area contributed by atoms with Crippen molar-refractivity contribution in [2.45, 2.75) is 50.7 Å². The number of amides is 1. The van der Waals surface area contributed by atoms with Gasteiger partial charge in [0.1, 0.15) is 17.2 Å². The van der Waals surface area contributed by atoms with E-state index in [0.29, 0.717) is 5.56 Å². The maximum absolute atomic E-state index is 13.6. The number of hydrogen-bond acceptors (Lipinski definition) is 8. The van der Waals surface area contributed by atoms with Gasteiger partial charge in [0.2, 0.25) is 0 Å². The molecule has 178 valence electrons. The van der Waals surface area contributed by atoms with Gasteiger partial charge in [0.25, 0.3) is 5.91 Å². The van der Waals surface area contributed by atoms with Crippen LogP contribution in [0.2, 0.25) is 0 Å². The minimum absolute atomic E-state index is 0.00693. The molecule has 1 unspecified atom stereocenters. The molecule has 4 aliphatic heterocycles. The molecule has 6 rings (SSSR count). The number of hydrogen-bond donors (Lipinski definition) is 2. The first-order valence-corrected chi connectivity index (χ1v) is 12.1. The highest BCUT2D eigenvalue weighted by Gasteiger charge is 2.38. The number of carbonyl (C=O) groups is 1. The molecule has 2 saturated heterocycles. The SMILES string of the molecule is CC1=CN2NC([C@@H]3CCCCN3C(=O)c3ccc4c(c3)nnn4C)C=C2N=C1N1CC[C@H](N)C1. The van der Waals surface area contributed by atoms with Gasteiger partial charge < -0.3 is 15.5 Å². The number of benzene rings is 1. The average molecular weight is 462 g/mol. The first kappa shape index (κ1) is 21.3. The first-order valence-electron chi connectivity index (χ1n) is 12.1. The van der Waals surface area contributed by atoms with E-state index in [-0.39, 0.29) is 24.0 Å². The predicted octanol–water partition coefficient (Wildman–Crippen LogP) is 1.34. The Morgan fingerprint density at radius 3 is 2.91 bits per heavy atom. The summed E-state index contributed by atoms with van der Waals surface area (Å²) in [6, 6.07) is 5.93. The first-order chi connectivity index (χ1) is 16.5. The third-order valence-electron chi connectivity index (χ3n) is 7.37. The van der Waals surface area contributed by atoms with Gasteiger partial charge in [0, 0.05) is 50.1 Å². The summed E-state index contributed by atoms with van der Waals surface area (Å²) in [6.07, 6.45) is 8.34. The number of aryl methyl sites for hydroxylation is 1. The molecule has 3 atom stereocenters. The van der Waals surface area contributed by atoms with Gasteiger partial charge in [0.15, 0.2) is 0 Å². The summed E-state index contributed by atoms with van der Waals surface area (Å²) in [5, 5.41) is 10.2. The van der Waals surface area contributed by atoms with E-state index in [2.05, 4.69) is 39.8 Å². The molecule has 0 saturated carbocycles. The average Bonchev–Trinajstić information content (AvgIpc) is 3.56. The van der Waals surface area contributed by atoms with Crippen LogP contribution in [0.25, 0.3) is 11.0 Å². The van der Waals surface area contributed by atoms with Crippen LogP contribution >= 0.6 is 0 Å². The molecule has 2 aromatic rings. The number of aliphatic imine (C=N–C) groups is 1. The Morgan fingerprint density at radius 2 is 2.09 bits per heavy atom. The predicted molar refractivity (Wildman–Crippen MR) is 129 cm³/mol. The Labute approximate surface area is 198 Å². The van der Waals surface area contributed by atoms with Gasteiger partial charge >= 0.3 is 0 Å². The molecular weight excluding hydrogens is 430 g/mol. The molecule has 1 aromatic carbocycles. The second kappa shape index (κ2) is 8.21. The molecule has 4 aliphatic rings. The Morgan fingerprint density at radius 1 is 1.21 bits per heavy atom. The molecule has 34 heavy (non-hydrogen) atoms. The van der Waals surface area contributed by atoms with Crippen LogP contribution in [0.5, 0.6) is 0 Å². The zero-order valence-electron chi connectivity index (χ0n) is 19.7. The number of piperidine rings is 1. The minimum atomic E-state index is 0.00693. The van der Waals surface area contributed by atoms with Crippen LogP contribution in [0.15, 0.2) is 46.9 Å². The highest BCUT2D eigenvalue weighted by atomic mass is 16.2. The Bertz CT molecular complexity index is 1230. The lowest BCUT2D eigenvalue weighted by Gasteiger charge is -2.39. The van der Waals surface area contributed by atoms with Crippen LogP contribution in [0.3, 0.4) is 0 Å². The number of nitrogens with two attached hydrogens (primary N) is 1. The van der Waals surface area contributed by atoms with Crippen molar-refractivity contribution >= 4 is 22.8 Å². The number of aromatic nitrogens is 3. The quantitative estimate of drug-likeness (QED) is 0.695. The van der Waals surface area contributed by atoms with E-state index in [0.717, 1.165) is 73.6 Å². The van der Waals surface area contributed by atoms with Gasteiger partial charge in [-0.1, -0.05) is 5.21 Å². The molecule has 0 bridgehead atoms. The van der Waals surface area contributed by atoms with E-state index in [1.165, 1.54) is 0 Å². The molecule has 5 heterocycles. The highest BCUT2D eigenvalue weighted by molar-refractivity contribution is 5.99. The van der Waals surface area contributed by atoms with Gasteiger partial charge in [-0.2, -0.15) is 0 Å². The van der Waals surface area contributed by atoms with Crippen LogP contribution < -0.4 is 11.2 Å². The van der Waals surface area contributed by atoms with E-state index in [1.807, 2.05) is 35.2 Å². The largest absolute Gasteiger partial charge is 0.355 e. The van der Waals surface area contributed by atoms with Crippen molar-refractivity contribution in [1.29, 1.82) is 0 Å². The van der Waals surface area contributed by atoms with Gasteiger partial charge in [-0.05, 0) is 56.9 Å². The zero-order chi connectivity index (χ0) is 23.4. The number of amidine groups is 1. The van der Waals surface area contributed by atoms with Crippen LogP contribution in [-0.2, 0) is 7.05 Å². The van der Waals surface area contributed by atoms with Crippen LogP contribution in [0.4, 0.5) is 0 Å². The number of likely N-dealkylation sites (tertiary alicyclic amines) is 2. The number of hydrazine groups is 1. The smallest absolute Gasteiger partial charge is 0.254 e. The van der Waals surface area contributed by atoms with E-state index < -0.39 is 0 Å². The summed E-state index contributed by atoms with van der Waals surface area (Å²) in [5.41, 5.74) is 13.1. The molecule has 1 aromatic heterocycles. The summed E-state index contributed by atoms with van der Waals surface area (Å²) in [7, 11) is 1.85. The number of fused-ring (bicyclic) bond motifs is 2. The number of nitrogens with one attached hydrogen (secondary N) is 1. The summed E-state index contributed by atoms with van der Waals surface area (Å²) in [6.45, 7) is 4.62. The second-order valence-electron chi connectivity index (χ2n) is 9.77. The van der Waals surface area contributed by atoms with Gasteiger partial charge in [-0.25, -0.2) is 15.1 Å². The van der Waals surface area contributed by atoms with Crippen molar-refractivity contribution in [3.05, 3.63) is 47.4 Å². The van der Waals surface area contributed by atoms with Crippen molar-refractivity contribution < 1.29 is 4.79 Å². The lowest BCUT2D eigenvalue weighted by Crippen LogP contribution is -2.54. The van der Waals surface area contributed by atoms with Crippen LogP contribution in [0.1, 0.15) is 43.0 Å². The summed E-state index contributed by atoms with van der Waals surface area (Å²) in [5.74, 6) is 1.95. The fourth-order valence-electron chi connectivity index (χ4n) is 5.57. The molecular formula is C24H31N9O. The molecule has 3 N–H and O–H groups in total. The Kier molecular flexibility index (Phi) is 5.14. The lowest BCUT2D eigenvalue weighted by molar-refractivity contribution is 0.0561. The standard InChI is InChI=1S/C24H31N9O/c1-15-13-33-22(26-23(15)31-10-8-17(25)14-31)12-19(28-33)21-5-3-4-9-32(21)24(34)16-6-7-20-18(11-16)27-29-30(20)2/h6-7,11-13,17,19,21,28H,3-5,8-10,14,25H2,1-2H3/t17-,19?,21-/m0/s1. The van der Waals surface area contributed by atoms with Crippen molar-refractivity contribution in [3.63, 3.8) is 0 Å². The lowest BCUT2D eigenvalue weighted by atomic mass is 9.95. The zero-order valence-corrected chi connectivity index (χ0v) is 19.7. The molecule has 1 amide bonds. The fourth-order valence-corrected chi connectivity index (χ4v) is 5.57. The maximum Gasteiger partial charge on any atom is 0.254 e. The van der Waals surface area contributed by atoms with Crippen LogP contribution in [0, 0.1) is 0 Å². The molecule has 0 radical (unpaired) electrons. The number of nitrogens with zero attached hydrogens (tertiary/aromatic N) is 7. The number of carbonyl (C=O) groups excluding carboxylic acids is 1. The normalized spacial score (nSPS) is 27.1. The monoisotopic (exact) mass is 461 g/mol. The van der Waals surface area contributed by atoms with Crippen LogP contribution in [-0.4, -0.2) is 79.3 Å². The van der Waals surface area contributed by atoms with E-state index in [1.54, 1.807) is 4.68 Å². The summed E-state index contributed by atoms with van der Waals surface area (Å²) >= 11 is 0. The topological polar surface area (TPSA) is 108 Å². The maximum atomic E-state index is 13.6. The molecule has 2 fully saturated rings.